The Kier molecular flexibility index (Phi) is 5.23. The van der Waals surface area contributed by atoms with Gasteiger partial charge in [0.05, 0.1) is 12.5 Å². The zero-order valence-electron chi connectivity index (χ0n) is 22.7. The maximum atomic E-state index is 12.1. The number of aliphatic hydroxyl groups excluding tert-OH is 1. The first-order chi connectivity index (χ1) is 15.6. The van der Waals surface area contributed by atoms with E-state index >= 15 is 0 Å². The SMILES string of the molecule is CC1(C)CC[C@]2(CC(=O)O)CC[C@]3(C)C(=CC[C@@H]4[C@@]5(C)C(O)C=CC(C)(C)C5CC[C@]43C)[C@H]2C1. The Bertz CT molecular complexity index is 942. The van der Waals surface area contributed by atoms with Gasteiger partial charge >= 0.3 is 5.97 Å². The molecule has 0 aliphatic heterocycles. The van der Waals surface area contributed by atoms with Crippen LogP contribution in [0.2, 0.25) is 0 Å². The molecule has 3 heteroatoms. The van der Waals surface area contributed by atoms with Crippen LogP contribution in [0.25, 0.3) is 0 Å². The van der Waals surface area contributed by atoms with E-state index in [2.05, 4.69) is 66.7 Å². The quantitative estimate of drug-likeness (QED) is 0.415. The van der Waals surface area contributed by atoms with E-state index in [1.54, 1.807) is 5.57 Å². The summed E-state index contributed by atoms with van der Waals surface area (Å²) in [5.41, 5.74) is 1.97. The third-order valence-corrected chi connectivity index (χ3v) is 12.7. The lowest BCUT2D eigenvalue weighted by Gasteiger charge is -2.71. The Morgan fingerprint density at radius 2 is 1.65 bits per heavy atom. The highest BCUT2D eigenvalue weighted by Gasteiger charge is 2.68. The molecule has 0 aromatic rings. The van der Waals surface area contributed by atoms with Crippen molar-refractivity contribution in [3.63, 3.8) is 0 Å². The molecule has 190 valence electrons. The van der Waals surface area contributed by atoms with Crippen LogP contribution in [0.3, 0.4) is 0 Å². The predicted molar refractivity (Wildman–Crippen MR) is 137 cm³/mol. The van der Waals surface area contributed by atoms with Crippen LogP contribution >= 0.6 is 0 Å². The van der Waals surface area contributed by atoms with Crippen molar-refractivity contribution >= 4 is 5.97 Å². The van der Waals surface area contributed by atoms with Crippen LogP contribution < -0.4 is 0 Å². The maximum Gasteiger partial charge on any atom is 0.303 e. The molecule has 5 aliphatic carbocycles. The summed E-state index contributed by atoms with van der Waals surface area (Å²) in [6.07, 6.45) is 15.7. The Morgan fingerprint density at radius 3 is 2.32 bits per heavy atom. The predicted octanol–water partition coefficient (Wildman–Crippen LogP) is 7.40. The summed E-state index contributed by atoms with van der Waals surface area (Å²) < 4.78 is 0. The van der Waals surface area contributed by atoms with Gasteiger partial charge in [-0.3, -0.25) is 4.79 Å². The Hall–Kier alpha value is -1.09. The number of aliphatic hydroxyl groups is 1. The van der Waals surface area contributed by atoms with E-state index in [9.17, 15) is 15.0 Å². The molecular weight excluding hydrogens is 420 g/mol. The normalized spacial score (nSPS) is 50.8. The number of aliphatic carboxylic acids is 1. The topological polar surface area (TPSA) is 57.5 Å². The Labute approximate surface area is 207 Å². The molecule has 2 unspecified atom stereocenters. The zero-order chi connectivity index (χ0) is 24.9. The molecule has 3 saturated carbocycles. The summed E-state index contributed by atoms with van der Waals surface area (Å²) in [5.74, 6) is 0.679. The van der Waals surface area contributed by atoms with E-state index in [1.807, 2.05) is 0 Å². The number of carbonyl (C=O) groups is 1. The van der Waals surface area contributed by atoms with E-state index in [1.165, 1.54) is 6.42 Å². The Balaban J connectivity index is 1.61. The number of carboxylic acid groups (broad SMARTS) is 1. The first-order valence-corrected chi connectivity index (χ1v) is 13.9. The van der Waals surface area contributed by atoms with Crippen LogP contribution in [0.4, 0.5) is 0 Å². The van der Waals surface area contributed by atoms with Gasteiger partial charge < -0.3 is 10.2 Å². The number of fused-ring (bicyclic) bond motifs is 7. The van der Waals surface area contributed by atoms with E-state index in [4.69, 9.17) is 0 Å². The summed E-state index contributed by atoms with van der Waals surface area (Å²) >= 11 is 0. The summed E-state index contributed by atoms with van der Waals surface area (Å²) in [4.78, 5) is 12.1. The van der Waals surface area contributed by atoms with E-state index < -0.39 is 12.1 Å². The number of allylic oxidation sites excluding steroid dienone is 3. The number of hydrogen-bond donors (Lipinski definition) is 2. The second kappa shape index (κ2) is 7.24. The van der Waals surface area contributed by atoms with Crippen molar-refractivity contribution in [1.82, 2.24) is 0 Å². The highest BCUT2D eigenvalue weighted by atomic mass is 16.4. The number of hydrogen-bond acceptors (Lipinski definition) is 2. The van der Waals surface area contributed by atoms with Gasteiger partial charge in [0.25, 0.3) is 0 Å². The van der Waals surface area contributed by atoms with Crippen LogP contribution in [0, 0.1) is 50.2 Å². The van der Waals surface area contributed by atoms with Crippen LogP contribution in [-0.2, 0) is 4.79 Å². The zero-order valence-corrected chi connectivity index (χ0v) is 22.7. The average Bonchev–Trinajstić information content (AvgIpc) is 2.72. The molecule has 5 aliphatic rings. The molecule has 0 aromatic heterocycles. The second-order valence-corrected chi connectivity index (χ2v) is 15.1. The standard InChI is InChI=1S/C31H48O3/c1-26(2)14-16-31(19-25(33)34)17-15-28(5)20(21(31)18-26)8-9-23-29(28,6)13-10-22-27(3,4)12-11-24(32)30(22,23)7/h8,11-12,21-24,32H,9-10,13-19H2,1-7H3,(H,33,34)/t21-,22?,23+,24?,28-,29-,30+,31-/m1/s1. The van der Waals surface area contributed by atoms with Gasteiger partial charge in [0.2, 0.25) is 0 Å². The fraction of sp³-hybridized carbons (Fsp3) is 0.839. The monoisotopic (exact) mass is 468 g/mol. The van der Waals surface area contributed by atoms with Crippen LogP contribution in [0.15, 0.2) is 23.8 Å². The van der Waals surface area contributed by atoms with Gasteiger partial charge in [-0.1, -0.05) is 72.3 Å². The van der Waals surface area contributed by atoms with Crippen LogP contribution in [0.5, 0.6) is 0 Å². The van der Waals surface area contributed by atoms with Crippen molar-refractivity contribution < 1.29 is 15.0 Å². The summed E-state index contributed by atoms with van der Waals surface area (Å²) in [7, 11) is 0. The maximum absolute atomic E-state index is 12.1. The summed E-state index contributed by atoms with van der Waals surface area (Å²) in [5, 5.41) is 21.4. The van der Waals surface area contributed by atoms with Gasteiger partial charge in [0.1, 0.15) is 0 Å². The van der Waals surface area contributed by atoms with Crippen molar-refractivity contribution in [3.8, 4) is 0 Å². The third-order valence-electron chi connectivity index (χ3n) is 12.7. The minimum absolute atomic E-state index is 0.0773. The molecule has 0 spiro atoms. The number of carboxylic acids is 1. The molecule has 34 heavy (non-hydrogen) atoms. The van der Waals surface area contributed by atoms with Gasteiger partial charge in [-0.15, -0.1) is 0 Å². The molecule has 0 aromatic carbocycles. The lowest BCUT2D eigenvalue weighted by atomic mass is 9.33. The third kappa shape index (κ3) is 3.07. The molecule has 5 rings (SSSR count). The molecule has 0 heterocycles. The van der Waals surface area contributed by atoms with Gasteiger partial charge in [-0.05, 0) is 96.2 Å². The molecule has 0 bridgehead atoms. The van der Waals surface area contributed by atoms with Crippen molar-refractivity contribution in [1.29, 1.82) is 0 Å². The number of rotatable bonds is 2. The van der Waals surface area contributed by atoms with E-state index in [0.29, 0.717) is 24.2 Å². The molecule has 3 nitrogen and oxygen atoms in total. The summed E-state index contributed by atoms with van der Waals surface area (Å²) in [6.45, 7) is 16.9. The summed E-state index contributed by atoms with van der Waals surface area (Å²) in [6, 6.07) is 0. The van der Waals surface area contributed by atoms with Gasteiger partial charge in [0, 0.05) is 5.41 Å². The van der Waals surface area contributed by atoms with Crippen molar-refractivity contribution in [2.24, 2.45) is 50.2 Å². The van der Waals surface area contributed by atoms with Crippen LogP contribution in [-0.4, -0.2) is 22.3 Å². The molecule has 0 radical (unpaired) electrons. The molecular formula is C31H48O3. The van der Waals surface area contributed by atoms with Gasteiger partial charge in [0.15, 0.2) is 0 Å². The van der Waals surface area contributed by atoms with E-state index in [-0.39, 0.29) is 32.5 Å². The minimum Gasteiger partial charge on any atom is -0.481 e. The van der Waals surface area contributed by atoms with E-state index in [0.717, 1.165) is 44.9 Å². The fourth-order valence-electron chi connectivity index (χ4n) is 10.5. The lowest BCUT2D eigenvalue weighted by Crippen LogP contribution is -2.65. The van der Waals surface area contributed by atoms with Gasteiger partial charge in [-0.25, -0.2) is 0 Å². The lowest BCUT2D eigenvalue weighted by molar-refractivity contribution is -0.192. The molecule has 2 N–H and O–H groups in total. The highest BCUT2D eigenvalue weighted by molar-refractivity contribution is 5.68. The smallest absolute Gasteiger partial charge is 0.303 e. The second-order valence-electron chi connectivity index (χ2n) is 15.1. The molecule has 0 amide bonds. The van der Waals surface area contributed by atoms with Crippen molar-refractivity contribution in [3.05, 3.63) is 23.8 Å². The average molecular weight is 469 g/mol. The van der Waals surface area contributed by atoms with Gasteiger partial charge in [-0.2, -0.15) is 0 Å². The molecule has 0 saturated heterocycles. The Morgan fingerprint density at radius 1 is 0.971 bits per heavy atom. The van der Waals surface area contributed by atoms with Crippen LogP contribution in [0.1, 0.15) is 106 Å². The first-order valence-electron chi connectivity index (χ1n) is 13.9. The van der Waals surface area contributed by atoms with Crippen molar-refractivity contribution in [2.45, 2.75) is 112 Å². The molecule has 3 fully saturated rings. The largest absolute Gasteiger partial charge is 0.481 e. The highest BCUT2D eigenvalue weighted by Crippen LogP contribution is 2.75. The van der Waals surface area contributed by atoms with Crippen molar-refractivity contribution in [2.75, 3.05) is 0 Å². The minimum atomic E-state index is -0.624. The first kappa shape index (κ1) is 24.6. The fourth-order valence-corrected chi connectivity index (χ4v) is 10.5. The molecule has 8 atom stereocenters.